The van der Waals surface area contributed by atoms with Crippen LogP contribution in [-0.4, -0.2) is 48.8 Å². The number of guanidine groups is 1. The molecule has 2 unspecified atom stereocenters. The lowest BCUT2D eigenvalue weighted by molar-refractivity contribution is 0.175. The second-order valence-electron chi connectivity index (χ2n) is 7.56. The van der Waals surface area contributed by atoms with Crippen LogP contribution in [0.15, 0.2) is 4.99 Å². The fourth-order valence-corrected chi connectivity index (χ4v) is 4.39. The van der Waals surface area contributed by atoms with Crippen molar-refractivity contribution in [1.29, 1.82) is 0 Å². The Labute approximate surface area is 165 Å². The standard InChI is InChI=1S/C19H37N3O.HI/c1-4-19(5-2,11-12-23)15-21-18(20-6-3)22-13-16-9-7-8-10-17(16)14-22;/h16-17,23H,4-15H2,1-3H3,(H,20,21);1H. The van der Waals surface area contributed by atoms with Gasteiger partial charge in [0.2, 0.25) is 0 Å². The van der Waals surface area contributed by atoms with Crippen molar-refractivity contribution in [2.24, 2.45) is 22.2 Å². The van der Waals surface area contributed by atoms with Crippen molar-refractivity contribution in [2.45, 2.75) is 65.7 Å². The highest BCUT2D eigenvalue weighted by molar-refractivity contribution is 14.0. The van der Waals surface area contributed by atoms with Crippen molar-refractivity contribution < 1.29 is 5.11 Å². The molecular formula is C19H38IN3O. The highest BCUT2D eigenvalue weighted by Gasteiger charge is 2.36. The summed E-state index contributed by atoms with van der Waals surface area (Å²) >= 11 is 0. The van der Waals surface area contributed by atoms with Crippen molar-refractivity contribution in [3.63, 3.8) is 0 Å². The van der Waals surface area contributed by atoms with E-state index in [0.29, 0.717) is 0 Å². The Bertz CT molecular complexity index is 371. The molecule has 0 aromatic carbocycles. The molecule has 4 nitrogen and oxygen atoms in total. The summed E-state index contributed by atoms with van der Waals surface area (Å²) < 4.78 is 0. The van der Waals surface area contributed by atoms with Gasteiger partial charge in [-0.25, -0.2) is 0 Å². The molecule has 1 saturated heterocycles. The summed E-state index contributed by atoms with van der Waals surface area (Å²) in [5.74, 6) is 2.87. The molecule has 0 spiro atoms. The normalized spacial score (nSPS) is 24.5. The van der Waals surface area contributed by atoms with E-state index in [0.717, 1.165) is 50.1 Å². The quantitative estimate of drug-likeness (QED) is 0.351. The Morgan fingerprint density at radius 2 is 1.71 bits per heavy atom. The van der Waals surface area contributed by atoms with E-state index in [1.807, 2.05) is 0 Å². The minimum Gasteiger partial charge on any atom is -0.396 e. The lowest BCUT2D eigenvalue weighted by Gasteiger charge is -2.30. The summed E-state index contributed by atoms with van der Waals surface area (Å²) in [6.45, 7) is 11.0. The molecular weight excluding hydrogens is 413 g/mol. The van der Waals surface area contributed by atoms with E-state index in [1.54, 1.807) is 0 Å². The molecule has 0 radical (unpaired) electrons. The average Bonchev–Trinajstić information content (AvgIpc) is 3.01. The maximum atomic E-state index is 9.41. The Hall–Kier alpha value is -0.0400. The summed E-state index contributed by atoms with van der Waals surface area (Å²) in [5.41, 5.74) is 0.155. The minimum absolute atomic E-state index is 0. The fraction of sp³-hybridized carbons (Fsp3) is 0.947. The number of likely N-dealkylation sites (tertiary alicyclic amines) is 1. The van der Waals surface area contributed by atoms with Gasteiger partial charge in [0.1, 0.15) is 0 Å². The molecule has 2 rings (SSSR count). The van der Waals surface area contributed by atoms with Gasteiger partial charge in [-0.05, 0) is 56.3 Å². The Kier molecular flexibility index (Phi) is 9.94. The van der Waals surface area contributed by atoms with Gasteiger partial charge in [-0.1, -0.05) is 26.7 Å². The topological polar surface area (TPSA) is 47.9 Å². The highest BCUT2D eigenvalue weighted by atomic mass is 127. The molecule has 1 saturated carbocycles. The van der Waals surface area contributed by atoms with E-state index in [9.17, 15) is 5.11 Å². The lowest BCUT2D eigenvalue weighted by Crippen LogP contribution is -2.41. The van der Waals surface area contributed by atoms with Gasteiger partial charge in [-0.2, -0.15) is 0 Å². The first-order valence-electron chi connectivity index (χ1n) is 9.82. The van der Waals surface area contributed by atoms with E-state index in [4.69, 9.17) is 4.99 Å². The van der Waals surface area contributed by atoms with E-state index >= 15 is 0 Å². The SMILES string of the molecule is CCNC(=NCC(CC)(CC)CCO)N1CC2CCCCC2C1.I. The van der Waals surface area contributed by atoms with Crippen LogP contribution < -0.4 is 5.32 Å². The number of halogens is 1. The van der Waals surface area contributed by atoms with Crippen molar-refractivity contribution in [3.05, 3.63) is 0 Å². The van der Waals surface area contributed by atoms with Crippen LogP contribution in [0.1, 0.15) is 65.7 Å². The lowest BCUT2D eigenvalue weighted by atomic mass is 9.79. The summed E-state index contributed by atoms with van der Waals surface area (Å²) in [6.07, 6.45) is 8.64. The van der Waals surface area contributed by atoms with Crippen LogP contribution in [0.25, 0.3) is 0 Å². The van der Waals surface area contributed by atoms with E-state index in [-0.39, 0.29) is 36.0 Å². The molecule has 24 heavy (non-hydrogen) atoms. The second-order valence-corrected chi connectivity index (χ2v) is 7.56. The molecule has 1 aliphatic carbocycles. The second kappa shape index (κ2) is 10.8. The smallest absolute Gasteiger partial charge is 0.193 e. The van der Waals surface area contributed by atoms with Gasteiger partial charge in [0.05, 0.1) is 0 Å². The van der Waals surface area contributed by atoms with E-state index < -0.39 is 0 Å². The predicted octanol–water partition coefficient (Wildman–Crippen LogP) is 3.88. The zero-order valence-electron chi connectivity index (χ0n) is 15.9. The van der Waals surface area contributed by atoms with Crippen LogP contribution in [0.3, 0.4) is 0 Å². The third-order valence-corrected chi connectivity index (χ3v) is 6.32. The first kappa shape index (κ1) is 22.0. The number of nitrogens with zero attached hydrogens (tertiary/aromatic N) is 2. The average molecular weight is 451 g/mol. The number of aliphatic hydroxyl groups excluding tert-OH is 1. The van der Waals surface area contributed by atoms with Crippen LogP contribution in [0.4, 0.5) is 0 Å². The zero-order chi connectivity index (χ0) is 16.7. The predicted molar refractivity (Wildman–Crippen MR) is 113 cm³/mol. The maximum Gasteiger partial charge on any atom is 0.193 e. The molecule has 5 heteroatoms. The molecule has 0 aromatic rings. The molecule has 2 atom stereocenters. The van der Waals surface area contributed by atoms with E-state index in [2.05, 4.69) is 31.0 Å². The fourth-order valence-electron chi connectivity index (χ4n) is 4.39. The molecule has 1 heterocycles. The molecule has 142 valence electrons. The van der Waals surface area contributed by atoms with Gasteiger partial charge in [-0.3, -0.25) is 4.99 Å². The van der Waals surface area contributed by atoms with Gasteiger partial charge >= 0.3 is 0 Å². The molecule has 2 N–H and O–H groups in total. The van der Waals surface area contributed by atoms with E-state index in [1.165, 1.54) is 38.8 Å². The molecule has 2 fully saturated rings. The third kappa shape index (κ3) is 5.48. The number of aliphatic imine (C=N–C) groups is 1. The van der Waals surface area contributed by atoms with Crippen molar-refractivity contribution >= 4 is 29.9 Å². The monoisotopic (exact) mass is 451 g/mol. The summed E-state index contributed by atoms with van der Waals surface area (Å²) in [4.78, 5) is 7.51. The molecule has 0 amide bonds. The van der Waals surface area contributed by atoms with Gasteiger partial charge in [0.25, 0.3) is 0 Å². The van der Waals surface area contributed by atoms with Gasteiger partial charge < -0.3 is 15.3 Å². The minimum atomic E-state index is 0. The summed E-state index contributed by atoms with van der Waals surface area (Å²) in [6, 6.07) is 0. The van der Waals surface area contributed by atoms with Crippen LogP contribution in [-0.2, 0) is 0 Å². The zero-order valence-corrected chi connectivity index (χ0v) is 18.2. The van der Waals surface area contributed by atoms with Crippen molar-refractivity contribution in [2.75, 3.05) is 32.8 Å². The molecule has 0 bridgehead atoms. The van der Waals surface area contributed by atoms with Gasteiger partial charge in [0.15, 0.2) is 5.96 Å². The molecule has 0 aromatic heterocycles. The molecule has 2 aliphatic rings. The first-order chi connectivity index (χ1) is 11.2. The number of hydrogen-bond donors (Lipinski definition) is 2. The number of hydrogen-bond acceptors (Lipinski definition) is 2. The number of rotatable bonds is 7. The first-order valence-corrected chi connectivity index (χ1v) is 9.82. The third-order valence-electron chi connectivity index (χ3n) is 6.32. The molecule has 1 aliphatic heterocycles. The van der Waals surface area contributed by atoms with Crippen LogP contribution in [0, 0.1) is 17.3 Å². The highest BCUT2D eigenvalue weighted by Crippen LogP contribution is 2.36. The maximum absolute atomic E-state index is 9.41. The Morgan fingerprint density at radius 3 is 2.17 bits per heavy atom. The Morgan fingerprint density at radius 1 is 1.12 bits per heavy atom. The van der Waals surface area contributed by atoms with Gasteiger partial charge in [0, 0.05) is 32.8 Å². The Balaban J connectivity index is 0.00000288. The number of aliphatic hydroxyl groups is 1. The number of fused-ring (bicyclic) bond motifs is 1. The summed E-state index contributed by atoms with van der Waals surface area (Å²) in [5, 5.41) is 12.9. The summed E-state index contributed by atoms with van der Waals surface area (Å²) in [7, 11) is 0. The van der Waals surface area contributed by atoms with Crippen molar-refractivity contribution in [1.82, 2.24) is 10.2 Å². The van der Waals surface area contributed by atoms with Crippen LogP contribution in [0.5, 0.6) is 0 Å². The van der Waals surface area contributed by atoms with Gasteiger partial charge in [-0.15, -0.1) is 24.0 Å². The number of nitrogens with one attached hydrogen (secondary N) is 1. The van der Waals surface area contributed by atoms with Crippen LogP contribution >= 0.6 is 24.0 Å². The van der Waals surface area contributed by atoms with Crippen molar-refractivity contribution in [3.8, 4) is 0 Å². The largest absolute Gasteiger partial charge is 0.396 e. The van der Waals surface area contributed by atoms with Crippen LogP contribution in [0.2, 0.25) is 0 Å².